The second kappa shape index (κ2) is 43.9. The van der Waals surface area contributed by atoms with Crippen molar-refractivity contribution >= 4 is 28.2 Å². The number of nitrogens with zero attached hydrogens (tertiary/aromatic N) is 2. The topological polar surface area (TPSA) is 166 Å². The summed E-state index contributed by atoms with van der Waals surface area (Å²) in [6.45, 7) is 14.0. The lowest BCUT2D eigenvalue weighted by Crippen LogP contribution is -2.48. The second-order valence-electron chi connectivity index (χ2n) is 18.8. The summed E-state index contributed by atoms with van der Waals surface area (Å²) in [6.07, 6.45) is 54.4. The van der Waals surface area contributed by atoms with Crippen LogP contribution in [0.15, 0.2) is 47.5 Å². The largest absolute Gasteiger partial charge is 0.478 e. The molecule has 0 amide bonds. The average Bonchev–Trinajstić information content (AvgIpc) is 3.67. The van der Waals surface area contributed by atoms with E-state index in [1.807, 2.05) is 0 Å². The van der Waals surface area contributed by atoms with Crippen LogP contribution in [0.3, 0.4) is 0 Å². The molecule has 394 valence electrons. The molecule has 12 heteroatoms. The van der Waals surface area contributed by atoms with Crippen LogP contribution in [0.5, 0.6) is 0 Å². The average molecular weight is 977 g/mol. The molecule has 1 aromatic carbocycles. The third kappa shape index (κ3) is 36.0. The standard InChI is InChI=1S/C46H89N3.C9H8O4.CH4O4S/c1-5-9-12-14-16-18-20-22-24-26-28-30-32-34-36-38-41-45-48-46(44-49(45)8-4,47-43-40-11-7-3)42-39-37-35-33-31-29-27-25-23-21-19-17-15-13-10-6-2;1-5-6(8(10)11)3-2-4-7(5)9(12)13;1-5-6(2,3)4/h22-25,47H,5-21,26-44H2,1-4H3;2-4H,1H3,(H,10,11)(H,12,13);1H3,(H,2,3,4)/b24-22-,25-23-;;. The number of benzene rings is 1. The van der Waals surface area contributed by atoms with Gasteiger partial charge < -0.3 is 15.1 Å². The first-order valence-corrected chi connectivity index (χ1v) is 28.7. The first kappa shape index (κ1) is 64.9. The number of carboxylic acids is 2. The molecule has 1 atom stereocenters. The van der Waals surface area contributed by atoms with Crippen LogP contribution in [-0.2, 0) is 14.6 Å². The Morgan fingerprint density at radius 3 is 1.38 bits per heavy atom. The van der Waals surface area contributed by atoms with Crippen molar-refractivity contribution in [3.63, 3.8) is 0 Å². The molecule has 0 saturated carbocycles. The zero-order valence-corrected chi connectivity index (χ0v) is 45.0. The molecule has 0 aliphatic carbocycles. The predicted octanol–water partition coefficient (Wildman–Crippen LogP) is 15.9. The minimum Gasteiger partial charge on any atom is -0.478 e. The van der Waals surface area contributed by atoms with E-state index < -0.39 is 22.3 Å². The van der Waals surface area contributed by atoms with Gasteiger partial charge in [0.1, 0.15) is 11.5 Å². The maximum Gasteiger partial charge on any atom is 0.397 e. The molecule has 68 heavy (non-hydrogen) atoms. The first-order chi connectivity index (χ1) is 32.8. The Morgan fingerprint density at radius 2 is 1.00 bits per heavy atom. The summed E-state index contributed by atoms with van der Waals surface area (Å²) in [7, 11) is -3.29. The van der Waals surface area contributed by atoms with E-state index in [-0.39, 0.29) is 22.4 Å². The lowest BCUT2D eigenvalue weighted by Gasteiger charge is -2.29. The van der Waals surface area contributed by atoms with Crippen LogP contribution in [0.25, 0.3) is 0 Å². The van der Waals surface area contributed by atoms with E-state index in [2.05, 4.69) is 66.4 Å². The highest BCUT2D eigenvalue weighted by Crippen LogP contribution is 2.28. The highest BCUT2D eigenvalue weighted by molar-refractivity contribution is 7.80. The number of aromatic carboxylic acids is 2. The SMILES string of the molecule is CCCCCCCC/C=C\CCCCCCCCC1=NC(CCCCCCCC/C=C\CCCCCCCC)(NCCCCC)CN1CC.COS(=O)(=O)O.Cc1c(C(=O)O)cccc1C(=O)O. The van der Waals surface area contributed by atoms with E-state index in [1.165, 1.54) is 243 Å². The summed E-state index contributed by atoms with van der Waals surface area (Å²) in [4.78, 5) is 29.3. The molecule has 1 unspecified atom stereocenters. The van der Waals surface area contributed by atoms with Crippen LogP contribution < -0.4 is 5.32 Å². The number of carboxylic acid groups (broad SMARTS) is 2. The molecule has 4 N–H and O–H groups in total. The second-order valence-corrected chi connectivity index (χ2v) is 20.0. The summed E-state index contributed by atoms with van der Waals surface area (Å²) >= 11 is 0. The van der Waals surface area contributed by atoms with Gasteiger partial charge in [-0.05, 0) is 115 Å². The van der Waals surface area contributed by atoms with E-state index in [1.54, 1.807) is 0 Å². The van der Waals surface area contributed by atoms with Gasteiger partial charge in [0.05, 0.1) is 24.8 Å². The van der Waals surface area contributed by atoms with Gasteiger partial charge in [0.2, 0.25) is 0 Å². The van der Waals surface area contributed by atoms with E-state index in [9.17, 15) is 18.0 Å². The van der Waals surface area contributed by atoms with Crippen molar-refractivity contribution in [1.82, 2.24) is 10.2 Å². The van der Waals surface area contributed by atoms with Gasteiger partial charge in [-0.1, -0.05) is 180 Å². The Bertz CT molecular complexity index is 1570. The number of likely N-dealkylation sites (N-methyl/N-ethyl adjacent to an activating group) is 1. The van der Waals surface area contributed by atoms with Gasteiger partial charge in [-0.2, -0.15) is 8.42 Å². The summed E-state index contributed by atoms with van der Waals surface area (Å²) in [5.41, 5.74) is 0.296. The predicted molar refractivity (Wildman–Crippen MR) is 287 cm³/mol. The van der Waals surface area contributed by atoms with Gasteiger partial charge in [0.15, 0.2) is 0 Å². The minimum absolute atomic E-state index is 0.0277. The molecule has 11 nitrogen and oxygen atoms in total. The first-order valence-electron chi connectivity index (χ1n) is 27.3. The number of aliphatic imine (C=N–C) groups is 1. The molecule has 0 spiro atoms. The third-order valence-electron chi connectivity index (χ3n) is 12.8. The fraction of sp³-hybridized carbons (Fsp3) is 0.768. The number of rotatable bonds is 41. The van der Waals surface area contributed by atoms with Crippen molar-refractivity contribution in [2.45, 2.75) is 252 Å². The van der Waals surface area contributed by atoms with Gasteiger partial charge in [0, 0.05) is 13.0 Å². The Morgan fingerprint density at radius 1 is 0.632 bits per heavy atom. The number of hydrogen-bond donors (Lipinski definition) is 4. The van der Waals surface area contributed by atoms with Crippen molar-refractivity contribution in [3.8, 4) is 0 Å². The van der Waals surface area contributed by atoms with Crippen LogP contribution in [0.4, 0.5) is 0 Å². The summed E-state index contributed by atoms with van der Waals surface area (Å²) < 4.78 is 29.7. The molecule has 0 bridgehead atoms. The Kier molecular flexibility index (Phi) is 41.9. The van der Waals surface area contributed by atoms with Crippen LogP contribution in [0.1, 0.15) is 266 Å². The third-order valence-corrected chi connectivity index (χ3v) is 13.2. The van der Waals surface area contributed by atoms with Crippen LogP contribution in [-0.4, -0.2) is 78.3 Å². The molecule has 0 saturated heterocycles. The summed E-state index contributed by atoms with van der Waals surface area (Å²) in [5.74, 6) is -0.827. The lowest BCUT2D eigenvalue weighted by atomic mass is 10.00. The fourth-order valence-corrected chi connectivity index (χ4v) is 8.58. The number of amidine groups is 1. The smallest absolute Gasteiger partial charge is 0.397 e. The fourth-order valence-electron chi connectivity index (χ4n) is 8.58. The van der Waals surface area contributed by atoms with E-state index in [0.717, 1.165) is 26.7 Å². The molecule has 1 aliphatic rings. The molecule has 1 aromatic rings. The van der Waals surface area contributed by atoms with Gasteiger partial charge in [-0.15, -0.1) is 0 Å². The van der Waals surface area contributed by atoms with Crippen molar-refractivity contribution in [1.29, 1.82) is 0 Å². The van der Waals surface area contributed by atoms with Crippen molar-refractivity contribution in [2.24, 2.45) is 4.99 Å². The molecule has 0 radical (unpaired) electrons. The van der Waals surface area contributed by atoms with Crippen LogP contribution >= 0.6 is 0 Å². The van der Waals surface area contributed by atoms with Gasteiger partial charge in [0.25, 0.3) is 0 Å². The molecule has 0 fully saturated rings. The highest BCUT2D eigenvalue weighted by atomic mass is 32.3. The van der Waals surface area contributed by atoms with Gasteiger partial charge in [-0.25, -0.2) is 14.6 Å². The van der Waals surface area contributed by atoms with Crippen LogP contribution in [0, 0.1) is 6.92 Å². The number of allylic oxidation sites excluding steroid dienone is 4. The summed E-state index contributed by atoms with van der Waals surface area (Å²) in [6, 6.07) is 4.17. The number of unbranched alkanes of at least 4 members (excludes halogenated alkanes) is 26. The minimum atomic E-state index is -4.16. The van der Waals surface area contributed by atoms with E-state index in [4.69, 9.17) is 19.8 Å². The maximum atomic E-state index is 10.6. The normalized spacial score (nSPS) is 14.8. The Labute approximate surface area is 416 Å². The Hall–Kier alpha value is -3.06. The quantitative estimate of drug-likeness (QED) is 0.0282. The highest BCUT2D eigenvalue weighted by Gasteiger charge is 2.37. The van der Waals surface area contributed by atoms with Gasteiger partial charge >= 0.3 is 22.3 Å². The molecule has 2 rings (SSSR count). The monoisotopic (exact) mass is 976 g/mol. The van der Waals surface area contributed by atoms with Crippen molar-refractivity contribution in [2.75, 3.05) is 26.7 Å². The van der Waals surface area contributed by atoms with Crippen LogP contribution in [0.2, 0.25) is 0 Å². The molecular formula is C56H101N3O8S. The van der Waals surface area contributed by atoms with E-state index in [0.29, 0.717) is 0 Å². The van der Waals surface area contributed by atoms with Crippen molar-refractivity contribution < 1.29 is 37.0 Å². The summed E-state index contributed by atoms with van der Waals surface area (Å²) in [5, 5.41) is 21.3. The molecule has 1 aliphatic heterocycles. The van der Waals surface area contributed by atoms with E-state index >= 15 is 0 Å². The molecule has 0 aromatic heterocycles. The number of nitrogens with one attached hydrogen (secondary N) is 1. The molecular weight excluding hydrogens is 875 g/mol. The van der Waals surface area contributed by atoms with Crippen molar-refractivity contribution in [3.05, 3.63) is 59.2 Å². The van der Waals surface area contributed by atoms with Gasteiger partial charge in [-0.3, -0.25) is 14.1 Å². The maximum absolute atomic E-state index is 10.6. The molecule has 1 heterocycles. The zero-order valence-electron chi connectivity index (χ0n) is 44.2. The lowest BCUT2D eigenvalue weighted by molar-refractivity contribution is 0.0696. The zero-order chi connectivity index (χ0) is 50.6. The number of hydrogen-bond acceptors (Lipinski definition) is 8. The Balaban J connectivity index is 0.00000194. The number of carbonyl (C=O) groups is 2.